The molecule has 1 aliphatic heterocycles. The molecular weight excluding hydrogens is 206 g/mol. The maximum Gasteiger partial charge on any atom is 0.287 e. The van der Waals surface area contributed by atoms with E-state index in [-0.39, 0.29) is 11.4 Å². The molecule has 1 aromatic rings. The Hall–Kier alpha value is -2.10. The van der Waals surface area contributed by atoms with Crippen molar-refractivity contribution in [2.45, 2.75) is 13.0 Å². The van der Waals surface area contributed by atoms with E-state index < -0.39 is 17.7 Å². The minimum Gasteiger partial charge on any atom is -0.503 e. The highest BCUT2D eigenvalue weighted by Gasteiger charge is 2.34. The van der Waals surface area contributed by atoms with Crippen LogP contribution in [0.3, 0.4) is 0 Å². The second-order valence-corrected chi connectivity index (χ2v) is 3.64. The number of carbonyl (C=O) groups excluding carboxylic acids is 2. The van der Waals surface area contributed by atoms with E-state index in [0.717, 1.165) is 5.56 Å². The van der Waals surface area contributed by atoms with E-state index in [1.165, 1.54) is 6.92 Å². The van der Waals surface area contributed by atoms with Crippen LogP contribution in [0.2, 0.25) is 0 Å². The third-order valence-corrected chi connectivity index (χ3v) is 2.55. The van der Waals surface area contributed by atoms with Crippen LogP contribution in [0.15, 0.2) is 41.7 Å². The van der Waals surface area contributed by atoms with Crippen molar-refractivity contribution in [3.63, 3.8) is 0 Å². The Balaban J connectivity index is 2.45. The molecule has 82 valence electrons. The Kier molecular flexibility index (Phi) is 2.48. The molecular formula is C12H11NO3. The van der Waals surface area contributed by atoms with Crippen LogP contribution in [-0.4, -0.2) is 16.8 Å². The standard InChI is InChI=1S/C12H11NO3/c1-7(14)9-10(13-12(16)11(9)15)8-5-3-2-4-6-8/h2-6,10,15H,1H3,(H,13,16)/t10-/m1/s1. The highest BCUT2D eigenvalue weighted by molar-refractivity contribution is 6.08. The highest BCUT2D eigenvalue weighted by Crippen LogP contribution is 2.29. The molecule has 0 aliphatic carbocycles. The van der Waals surface area contributed by atoms with Gasteiger partial charge in [-0.15, -0.1) is 0 Å². The molecule has 4 heteroatoms. The van der Waals surface area contributed by atoms with Crippen molar-refractivity contribution in [2.24, 2.45) is 0 Å². The number of Topliss-reactive ketones (excluding diaryl/α,β-unsaturated/α-hetero) is 1. The molecule has 0 saturated carbocycles. The van der Waals surface area contributed by atoms with Gasteiger partial charge in [0.25, 0.3) is 5.91 Å². The van der Waals surface area contributed by atoms with Gasteiger partial charge in [0, 0.05) is 0 Å². The van der Waals surface area contributed by atoms with Crippen LogP contribution in [0.1, 0.15) is 18.5 Å². The minimum absolute atomic E-state index is 0.135. The zero-order valence-electron chi connectivity index (χ0n) is 8.73. The fourth-order valence-corrected chi connectivity index (χ4v) is 1.80. The van der Waals surface area contributed by atoms with Crippen molar-refractivity contribution in [3.8, 4) is 0 Å². The molecule has 0 unspecified atom stereocenters. The highest BCUT2D eigenvalue weighted by atomic mass is 16.3. The van der Waals surface area contributed by atoms with Gasteiger partial charge in [-0.05, 0) is 12.5 Å². The molecule has 1 amide bonds. The molecule has 1 heterocycles. The van der Waals surface area contributed by atoms with E-state index in [4.69, 9.17) is 0 Å². The van der Waals surface area contributed by atoms with Gasteiger partial charge in [0.15, 0.2) is 11.5 Å². The van der Waals surface area contributed by atoms with Gasteiger partial charge in [0.05, 0.1) is 11.6 Å². The third-order valence-electron chi connectivity index (χ3n) is 2.55. The van der Waals surface area contributed by atoms with Crippen LogP contribution in [0.25, 0.3) is 0 Å². The quantitative estimate of drug-likeness (QED) is 0.783. The summed E-state index contributed by atoms with van der Waals surface area (Å²) in [7, 11) is 0. The number of ketones is 1. The Morgan fingerprint density at radius 2 is 1.94 bits per heavy atom. The first-order valence-electron chi connectivity index (χ1n) is 4.91. The second kappa shape index (κ2) is 3.81. The molecule has 1 aliphatic rings. The molecule has 0 radical (unpaired) electrons. The van der Waals surface area contributed by atoms with Gasteiger partial charge in [0.2, 0.25) is 0 Å². The third kappa shape index (κ3) is 1.58. The van der Waals surface area contributed by atoms with Crippen molar-refractivity contribution in [2.75, 3.05) is 0 Å². The number of hydrogen-bond donors (Lipinski definition) is 2. The van der Waals surface area contributed by atoms with Gasteiger partial charge in [-0.1, -0.05) is 30.3 Å². The molecule has 16 heavy (non-hydrogen) atoms. The van der Waals surface area contributed by atoms with Crippen LogP contribution in [0, 0.1) is 0 Å². The predicted octanol–water partition coefficient (Wildman–Crippen LogP) is 1.26. The summed E-state index contributed by atoms with van der Waals surface area (Å²) < 4.78 is 0. The maximum atomic E-state index is 11.4. The Morgan fingerprint density at radius 3 is 2.50 bits per heavy atom. The molecule has 0 bridgehead atoms. The van der Waals surface area contributed by atoms with Crippen molar-refractivity contribution in [1.29, 1.82) is 0 Å². The Bertz CT molecular complexity index is 476. The molecule has 4 nitrogen and oxygen atoms in total. The molecule has 1 aromatic carbocycles. The van der Waals surface area contributed by atoms with E-state index in [0.29, 0.717) is 0 Å². The molecule has 0 aromatic heterocycles. The van der Waals surface area contributed by atoms with E-state index in [9.17, 15) is 14.7 Å². The summed E-state index contributed by atoms with van der Waals surface area (Å²) in [5.74, 6) is -1.37. The number of benzene rings is 1. The van der Waals surface area contributed by atoms with E-state index in [1.54, 1.807) is 12.1 Å². The first-order valence-corrected chi connectivity index (χ1v) is 4.91. The van der Waals surface area contributed by atoms with Crippen LogP contribution < -0.4 is 5.32 Å². The van der Waals surface area contributed by atoms with Crippen molar-refractivity contribution in [3.05, 3.63) is 47.2 Å². The average molecular weight is 217 g/mol. The summed E-state index contributed by atoms with van der Waals surface area (Å²) in [5.41, 5.74) is 0.918. The lowest BCUT2D eigenvalue weighted by Crippen LogP contribution is -2.23. The first kappa shape index (κ1) is 10.4. The predicted molar refractivity (Wildman–Crippen MR) is 57.7 cm³/mol. The van der Waals surface area contributed by atoms with Gasteiger partial charge in [-0.2, -0.15) is 0 Å². The summed E-state index contributed by atoms with van der Waals surface area (Å²) in [4.78, 5) is 22.7. The molecule has 2 rings (SSSR count). The van der Waals surface area contributed by atoms with Crippen LogP contribution in [-0.2, 0) is 9.59 Å². The topological polar surface area (TPSA) is 66.4 Å². The second-order valence-electron chi connectivity index (χ2n) is 3.64. The largest absolute Gasteiger partial charge is 0.503 e. The average Bonchev–Trinajstić information content (AvgIpc) is 2.57. The molecule has 0 spiro atoms. The number of carbonyl (C=O) groups is 2. The zero-order chi connectivity index (χ0) is 11.7. The number of rotatable bonds is 2. The lowest BCUT2D eigenvalue weighted by atomic mass is 9.98. The Morgan fingerprint density at radius 1 is 1.31 bits per heavy atom. The summed E-state index contributed by atoms with van der Waals surface area (Å²) in [6.45, 7) is 1.34. The fraction of sp³-hybridized carbons (Fsp3) is 0.167. The Labute approximate surface area is 92.6 Å². The SMILES string of the molecule is CC(=O)C1=C(O)C(=O)N[C@@H]1c1ccccc1. The van der Waals surface area contributed by atoms with Crippen LogP contribution >= 0.6 is 0 Å². The number of hydrogen-bond acceptors (Lipinski definition) is 3. The molecule has 1 atom stereocenters. The number of aliphatic hydroxyl groups is 1. The van der Waals surface area contributed by atoms with Gasteiger partial charge in [-0.3, -0.25) is 9.59 Å². The maximum absolute atomic E-state index is 11.4. The van der Waals surface area contributed by atoms with Gasteiger partial charge < -0.3 is 10.4 Å². The smallest absolute Gasteiger partial charge is 0.287 e. The molecule has 0 fully saturated rings. The number of amides is 1. The van der Waals surface area contributed by atoms with E-state index in [2.05, 4.69) is 5.32 Å². The minimum atomic E-state index is -0.598. The van der Waals surface area contributed by atoms with E-state index in [1.807, 2.05) is 18.2 Å². The van der Waals surface area contributed by atoms with Crippen molar-refractivity contribution >= 4 is 11.7 Å². The van der Waals surface area contributed by atoms with E-state index >= 15 is 0 Å². The summed E-state index contributed by atoms with van der Waals surface area (Å²) in [6, 6.07) is 8.53. The molecule has 0 saturated heterocycles. The lowest BCUT2D eigenvalue weighted by molar-refractivity contribution is -0.119. The molecule has 2 N–H and O–H groups in total. The normalized spacial score (nSPS) is 19.8. The number of nitrogens with one attached hydrogen (secondary N) is 1. The van der Waals surface area contributed by atoms with Crippen LogP contribution in [0.4, 0.5) is 0 Å². The summed E-state index contributed by atoms with van der Waals surface area (Å²) >= 11 is 0. The zero-order valence-corrected chi connectivity index (χ0v) is 8.73. The first-order chi connectivity index (χ1) is 7.61. The summed E-state index contributed by atoms with van der Waals surface area (Å²) in [5, 5.41) is 12.1. The van der Waals surface area contributed by atoms with Gasteiger partial charge >= 0.3 is 0 Å². The lowest BCUT2D eigenvalue weighted by Gasteiger charge is -2.12. The van der Waals surface area contributed by atoms with Crippen molar-refractivity contribution < 1.29 is 14.7 Å². The van der Waals surface area contributed by atoms with Gasteiger partial charge in [0.1, 0.15) is 0 Å². The fourth-order valence-electron chi connectivity index (χ4n) is 1.80. The van der Waals surface area contributed by atoms with Crippen LogP contribution in [0.5, 0.6) is 0 Å². The monoisotopic (exact) mass is 217 g/mol. The van der Waals surface area contributed by atoms with Crippen molar-refractivity contribution in [1.82, 2.24) is 5.32 Å². The van der Waals surface area contributed by atoms with Gasteiger partial charge in [-0.25, -0.2) is 0 Å². The number of aliphatic hydroxyl groups excluding tert-OH is 1. The summed E-state index contributed by atoms with van der Waals surface area (Å²) in [6.07, 6.45) is 0.